The number of benzene rings is 1. The summed E-state index contributed by atoms with van der Waals surface area (Å²) in [6, 6.07) is 7.59. The Kier molecular flexibility index (Phi) is 6.17. The first-order valence-corrected chi connectivity index (χ1v) is 5.09. The monoisotopic (exact) mass is 237 g/mol. The molecule has 0 aliphatic carbocycles. The molecule has 1 aromatic carbocycles. The highest BCUT2D eigenvalue weighted by Crippen LogP contribution is 2.21. The first-order valence-electron chi connectivity index (χ1n) is 5.09. The SMILES string of the molecule is CCOCOc1ccc2occc2c1.O[B]O. The topological polar surface area (TPSA) is 72.1 Å². The van der Waals surface area contributed by atoms with Gasteiger partial charge in [-0.1, -0.05) is 0 Å². The van der Waals surface area contributed by atoms with Crippen LogP contribution < -0.4 is 4.74 Å². The van der Waals surface area contributed by atoms with E-state index >= 15 is 0 Å². The Morgan fingerprint density at radius 2 is 2.06 bits per heavy atom. The zero-order valence-electron chi connectivity index (χ0n) is 9.50. The van der Waals surface area contributed by atoms with Crippen molar-refractivity contribution in [2.24, 2.45) is 0 Å². The molecule has 0 atom stereocenters. The van der Waals surface area contributed by atoms with E-state index in [1.807, 2.05) is 31.2 Å². The first-order chi connectivity index (χ1) is 8.31. The van der Waals surface area contributed by atoms with E-state index in [1.165, 1.54) is 0 Å². The van der Waals surface area contributed by atoms with Crippen LogP contribution in [0.3, 0.4) is 0 Å². The molecule has 91 valence electrons. The second kappa shape index (κ2) is 7.73. The molecule has 0 saturated carbocycles. The minimum absolute atomic E-state index is 0. The van der Waals surface area contributed by atoms with Gasteiger partial charge in [-0.2, -0.15) is 0 Å². The van der Waals surface area contributed by atoms with Crippen LogP contribution in [-0.4, -0.2) is 31.1 Å². The van der Waals surface area contributed by atoms with Gasteiger partial charge in [0.1, 0.15) is 11.3 Å². The van der Waals surface area contributed by atoms with Crippen molar-refractivity contribution in [1.82, 2.24) is 0 Å². The van der Waals surface area contributed by atoms with Crippen molar-refractivity contribution in [3.8, 4) is 5.75 Å². The summed E-state index contributed by atoms with van der Waals surface area (Å²) in [4.78, 5) is 0. The number of hydrogen-bond acceptors (Lipinski definition) is 5. The Morgan fingerprint density at radius 1 is 1.29 bits per heavy atom. The van der Waals surface area contributed by atoms with E-state index in [1.54, 1.807) is 6.26 Å². The van der Waals surface area contributed by atoms with Crippen molar-refractivity contribution in [2.75, 3.05) is 13.4 Å². The highest BCUT2D eigenvalue weighted by atomic mass is 16.7. The third-order valence-electron chi connectivity index (χ3n) is 1.94. The Morgan fingerprint density at radius 3 is 2.76 bits per heavy atom. The van der Waals surface area contributed by atoms with Crippen molar-refractivity contribution >= 4 is 18.7 Å². The highest BCUT2D eigenvalue weighted by molar-refractivity contribution is 6.13. The van der Waals surface area contributed by atoms with E-state index in [4.69, 9.17) is 23.9 Å². The van der Waals surface area contributed by atoms with Gasteiger partial charge in [0, 0.05) is 12.0 Å². The summed E-state index contributed by atoms with van der Waals surface area (Å²) in [5.74, 6) is 0.798. The fourth-order valence-corrected chi connectivity index (χ4v) is 1.23. The first kappa shape index (κ1) is 13.6. The maximum atomic E-state index is 7.00. The van der Waals surface area contributed by atoms with Crippen molar-refractivity contribution in [1.29, 1.82) is 0 Å². The Hall–Kier alpha value is -1.50. The molecule has 0 aliphatic heterocycles. The van der Waals surface area contributed by atoms with Gasteiger partial charge in [0.25, 0.3) is 0 Å². The smallest absolute Gasteiger partial charge is 0.468 e. The molecule has 0 unspecified atom stereocenters. The van der Waals surface area contributed by atoms with Gasteiger partial charge in [0.15, 0.2) is 6.79 Å². The predicted octanol–water partition coefficient (Wildman–Crippen LogP) is 1.31. The molecule has 0 spiro atoms. The van der Waals surface area contributed by atoms with Crippen LogP contribution in [0, 0.1) is 0 Å². The van der Waals surface area contributed by atoms with Crippen LogP contribution in [0.2, 0.25) is 0 Å². The molecule has 0 saturated heterocycles. The average Bonchev–Trinajstić information content (AvgIpc) is 2.78. The van der Waals surface area contributed by atoms with E-state index in [-0.39, 0.29) is 7.69 Å². The lowest BCUT2D eigenvalue weighted by Crippen LogP contribution is -2.01. The van der Waals surface area contributed by atoms with Crippen molar-refractivity contribution in [2.45, 2.75) is 6.92 Å². The standard InChI is InChI=1S/C11H12O3.BH2O2/c1-2-12-8-14-10-3-4-11-9(7-10)5-6-13-11;2-1-3/h3-7H,2,8H2,1H3;2-3H. The minimum atomic E-state index is 0. The summed E-state index contributed by atoms with van der Waals surface area (Å²) >= 11 is 0. The molecular weight excluding hydrogens is 223 g/mol. The van der Waals surface area contributed by atoms with Crippen LogP contribution in [0.5, 0.6) is 5.75 Å². The van der Waals surface area contributed by atoms with E-state index < -0.39 is 0 Å². The third kappa shape index (κ3) is 4.48. The third-order valence-corrected chi connectivity index (χ3v) is 1.94. The van der Waals surface area contributed by atoms with Gasteiger partial charge in [0.05, 0.1) is 6.26 Å². The summed E-state index contributed by atoms with van der Waals surface area (Å²) in [5, 5.41) is 15.0. The summed E-state index contributed by atoms with van der Waals surface area (Å²) in [7, 11) is 0. The summed E-state index contributed by atoms with van der Waals surface area (Å²) in [6.45, 7) is 2.89. The van der Waals surface area contributed by atoms with Crippen LogP contribution in [0.1, 0.15) is 6.92 Å². The van der Waals surface area contributed by atoms with Crippen molar-refractivity contribution in [3.05, 3.63) is 30.5 Å². The molecule has 1 aromatic heterocycles. The zero-order valence-corrected chi connectivity index (χ0v) is 9.50. The van der Waals surface area contributed by atoms with E-state index in [0.717, 1.165) is 16.7 Å². The Bertz CT molecular complexity index is 428. The van der Waals surface area contributed by atoms with E-state index in [9.17, 15) is 0 Å². The van der Waals surface area contributed by atoms with E-state index in [2.05, 4.69) is 0 Å². The second-order valence-corrected chi connectivity index (χ2v) is 2.99. The van der Waals surface area contributed by atoms with Crippen LogP contribution in [-0.2, 0) is 4.74 Å². The summed E-state index contributed by atoms with van der Waals surface area (Å²) in [5.41, 5.74) is 0.869. The van der Waals surface area contributed by atoms with Crippen molar-refractivity contribution in [3.63, 3.8) is 0 Å². The molecule has 0 aliphatic rings. The number of rotatable bonds is 4. The van der Waals surface area contributed by atoms with Gasteiger partial charge in [-0.15, -0.1) is 0 Å². The van der Waals surface area contributed by atoms with Gasteiger partial charge in [-0.3, -0.25) is 0 Å². The highest BCUT2D eigenvalue weighted by Gasteiger charge is 1.98. The maximum absolute atomic E-state index is 7.00. The van der Waals surface area contributed by atoms with Crippen molar-refractivity contribution < 1.29 is 23.9 Å². The normalized spacial score (nSPS) is 9.59. The number of furan rings is 1. The van der Waals surface area contributed by atoms with Crippen LogP contribution in [0.4, 0.5) is 0 Å². The van der Waals surface area contributed by atoms with E-state index in [0.29, 0.717) is 13.4 Å². The van der Waals surface area contributed by atoms with Crippen LogP contribution in [0.15, 0.2) is 34.9 Å². The molecule has 1 radical (unpaired) electrons. The lowest BCUT2D eigenvalue weighted by molar-refractivity contribution is 0.0225. The predicted molar refractivity (Wildman–Crippen MR) is 63.5 cm³/mol. The molecule has 0 amide bonds. The number of ether oxygens (including phenoxy) is 2. The molecule has 5 nitrogen and oxygen atoms in total. The van der Waals surface area contributed by atoms with Gasteiger partial charge >= 0.3 is 7.69 Å². The molecule has 6 heteroatoms. The van der Waals surface area contributed by atoms with Gasteiger partial charge < -0.3 is 23.9 Å². The average molecular weight is 237 g/mol. The lowest BCUT2D eigenvalue weighted by Gasteiger charge is -2.04. The molecule has 0 fully saturated rings. The fourth-order valence-electron chi connectivity index (χ4n) is 1.23. The second-order valence-electron chi connectivity index (χ2n) is 2.99. The quantitative estimate of drug-likeness (QED) is 0.476. The number of hydrogen-bond donors (Lipinski definition) is 2. The molecule has 2 N–H and O–H groups in total. The zero-order chi connectivity index (χ0) is 12.5. The maximum Gasteiger partial charge on any atom is 0.482 e. The lowest BCUT2D eigenvalue weighted by atomic mass is 10.2. The Balaban J connectivity index is 0.000000437. The van der Waals surface area contributed by atoms with Crippen LogP contribution >= 0.6 is 0 Å². The molecular formula is C11H14BO5. The van der Waals surface area contributed by atoms with Gasteiger partial charge in [-0.05, 0) is 31.2 Å². The molecule has 2 rings (SSSR count). The molecule has 1 heterocycles. The van der Waals surface area contributed by atoms with Gasteiger partial charge in [0.2, 0.25) is 0 Å². The molecule has 2 aromatic rings. The van der Waals surface area contributed by atoms with Gasteiger partial charge in [-0.25, -0.2) is 0 Å². The summed E-state index contributed by atoms with van der Waals surface area (Å²) < 4.78 is 15.7. The number of fused-ring (bicyclic) bond motifs is 1. The summed E-state index contributed by atoms with van der Waals surface area (Å²) in [6.07, 6.45) is 1.66. The largest absolute Gasteiger partial charge is 0.482 e. The molecule has 0 bridgehead atoms. The fraction of sp³-hybridized carbons (Fsp3) is 0.273. The van der Waals surface area contributed by atoms with Crippen LogP contribution in [0.25, 0.3) is 11.0 Å². The molecule has 17 heavy (non-hydrogen) atoms. The minimum Gasteiger partial charge on any atom is -0.468 e. The Labute approximate surface area is 99.9 Å².